The molecule has 112 valence electrons. The van der Waals surface area contributed by atoms with Crippen molar-refractivity contribution in [2.45, 2.75) is 26.3 Å². The first kappa shape index (κ1) is 16.0. The van der Waals surface area contributed by atoms with Crippen LogP contribution in [0.25, 0.3) is 0 Å². The second-order valence-electron chi connectivity index (χ2n) is 5.18. The van der Waals surface area contributed by atoms with E-state index in [-0.39, 0.29) is 11.9 Å². The quantitative estimate of drug-likeness (QED) is 0.882. The van der Waals surface area contributed by atoms with Gasteiger partial charge in [0.1, 0.15) is 11.6 Å². The van der Waals surface area contributed by atoms with Gasteiger partial charge >= 0.3 is 0 Å². The Balaban J connectivity index is 2.38. The van der Waals surface area contributed by atoms with E-state index in [1.165, 1.54) is 12.1 Å². The summed E-state index contributed by atoms with van der Waals surface area (Å²) in [7, 11) is 1.66. The number of halogens is 2. The fraction of sp³-hybridized carbons (Fsp3) is 0.294. The van der Waals surface area contributed by atoms with E-state index < -0.39 is 0 Å². The minimum atomic E-state index is -0.237. The van der Waals surface area contributed by atoms with Crippen molar-refractivity contribution < 1.29 is 9.13 Å². The molecule has 21 heavy (non-hydrogen) atoms. The van der Waals surface area contributed by atoms with Gasteiger partial charge in [0, 0.05) is 16.1 Å². The summed E-state index contributed by atoms with van der Waals surface area (Å²) in [6, 6.07) is 8.27. The van der Waals surface area contributed by atoms with Gasteiger partial charge in [0.05, 0.1) is 7.11 Å². The number of ether oxygens (including phenoxy) is 1. The average molecular weight is 352 g/mol. The van der Waals surface area contributed by atoms with Gasteiger partial charge in [0.15, 0.2) is 0 Å². The van der Waals surface area contributed by atoms with Gasteiger partial charge < -0.3 is 10.5 Å². The maximum Gasteiger partial charge on any atom is 0.126 e. The molecule has 0 aromatic heterocycles. The molecule has 0 amide bonds. The summed E-state index contributed by atoms with van der Waals surface area (Å²) in [5, 5.41) is 0. The molecule has 4 heteroatoms. The van der Waals surface area contributed by atoms with Crippen LogP contribution in [0, 0.1) is 19.7 Å². The number of rotatable bonds is 4. The Labute approximate surface area is 133 Å². The van der Waals surface area contributed by atoms with Crippen molar-refractivity contribution in [1.29, 1.82) is 0 Å². The van der Waals surface area contributed by atoms with Gasteiger partial charge in [-0.2, -0.15) is 0 Å². The molecule has 0 aliphatic heterocycles. The lowest BCUT2D eigenvalue weighted by Crippen LogP contribution is -2.17. The van der Waals surface area contributed by atoms with Crippen LogP contribution in [0.2, 0.25) is 0 Å². The molecule has 2 N–H and O–H groups in total. The monoisotopic (exact) mass is 351 g/mol. The highest BCUT2D eigenvalue weighted by molar-refractivity contribution is 9.10. The minimum Gasteiger partial charge on any atom is -0.496 e. The summed E-state index contributed by atoms with van der Waals surface area (Å²) < 4.78 is 19.5. The molecule has 2 aromatic rings. The van der Waals surface area contributed by atoms with Crippen LogP contribution < -0.4 is 10.5 Å². The highest BCUT2D eigenvalue weighted by Crippen LogP contribution is 2.36. The van der Waals surface area contributed by atoms with Crippen LogP contribution in [-0.4, -0.2) is 7.11 Å². The molecule has 1 unspecified atom stereocenters. The van der Waals surface area contributed by atoms with Crippen LogP contribution in [0.1, 0.15) is 28.3 Å². The van der Waals surface area contributed by atoms with E-state index in [4.69, 9.17) is 10.5 Å². The SMILES string of the molecule is COc1c(C)cc(Br)c(C)c1C(N)Cc1ccc(F)cc1. The number of hydrogen-bond donors (Lipinski definition) is 1. The molecule has 0 fully saturated rings. The maximum atomic E-state index is 13.0. The molecule has 0 aliphatic rings. The molecule has 1 atom stereocenters. The Morgan fingerprint density at radius 3 is 2.43 bits per heavy atom. The first-order valence-electron chi connectivity index (χ1n) is 6.77. The van der Waals surface area contributed by atoms with Crippen LogP contribution >= 0.6 is 15.9 Å². The zero-order valence-electron chi connectivity index (χ0n) is 12.4. The van der Waals surface area contributed by atoms with E-state index in [9.17, 15) is 4.39 Å². The van der Waals surface area contributed by atoms with Gasteiger partial charge in [-0.05, 0) is 55.2 Å². The van der Waals surface area contributed by atoms with E-state index in [0.717, 1.165) is 32.5 Å². The Morgan fingerprint density at radius 1 is 1.24 bits per heavy atom. The van der Waals surface area contributed by atoms with Gasteiger partial charge in [-0.3, -0.25) is 0 Å². The lowest BCUT2D eigenvalue weighted by molar-refractivity contribution is 0.401. The van der Waals surface area contributed by atoms with E-state index in [1.807, 2.05) is 19.9 Å². The molecule has 0 saturated heterocycles. The smallest absolute Gasteiger partial charge is 0.126 e. The molecule has 0 heterocycles. The Hall–Kier alpha value is -1.39. The van der Waals surface area contributed by atoms with Crippen molar-refractivity contribution in [1.82, 2.24) is 0 Å². The first-order chi connectivity index (χ1) is 9.93. The average Bonchev–Trinajstić information content (AvgIpc) is 2.44. The lowest BCUT2D eigenvalue weighted by Gasteiger charge is -2.21. The summed E-state index contributed by atoms with van der Waals surface area (Å²) >= 11 is 3.56. The molecule has 0 aliphatic carbocycles. The van der Waals surface area contributed by atoms with Gasteiger partial charge in [-0.25, -0.2) is 4.39 Å². The zero-order chi connectivity index (χ0) is 15.6. The Bertz CT molecular complexity index is 640. The molecule has 0 bridgehead atoms. The summed E-state index contributed by atoms with van der Waals surface area (Å²) in [4.78, 5) is 0. The second-order valence-corrected chi connectivity index (χ2v) is 6.04. The van der Waals surface area contributed by atoms with E-state index in [0.29, 0.717) is 6.42 Å². The largest absolute Gasteiger partial charge is 0.496 e. The number of benzene rings is 2. The normalized spacial score (nSPS) is 12.3. The molecular formula is C17H19BrFNO. The second kappa shape index (κ2) is 6.58. The Kier molecular flexibility index (Phi) is 5.01. The van der Waals surface area contributed by atoms with Crippen molar-refractivity contribution in [3.63, 3.8) is 0 Å². The predicted molar refractivity (Wildman–Crippen MR) is 87.2 cm³/mol. The summed E-state index contributed by atoms with van der Waals surface area (Å²) in [5.41, 5.74) is 10.5. The van der Waals surface area contributed by atoms with Crippen molar-refractivity contribution >= 4 is 15.9 Å². The zero-order valence-corrected chi connectivity index (χ0v) is 14.0. The van der Waals surface area contributed by atoms with Gasteiger partial charge in [0.2, 0.25) is 0 Å². The van der Waals surface area contributed by atoms with E-state index in [2.05, 4.69) is 15.9 Å². The van der Waals surface area contributed by atoms with Gasteiger partial charge in [-0.15, -0.1) is 0 Å². The lowest BCUT2D eigenvalue weighted by atomic mass is 9.93. The molecule has 2 nitrogen and oxygen atoms in total. The fourth-order valence-electron chi connectivity index (χ4n) is 2.57. The van der Waals surface area contributed by atoms with Crippen LogP contribution in [0.15, 0.2) is 34.8 Å². The third kappa shape index (κ3) is 3.44. The van der Waals surface area contributed by atoms with Crippen molar-refractivity contribution in [3.05, 3.63) is 62.9 Å². The minimum absolute atomic E-state index is 0.207. The van der Waals surface area contributed by atoms with Crippen molar-refractivity contribution in [2.75, 3.05) is 7.11 Å². The van der Waals surface area contributed by atoms with E-state index >= 15 is 0 Å². The Morgan fingerprint density at radius 2 is 1.86 bits per heavy atom. The van der Waals surface area contributed by atoms with Crippen LogP contribution in [0.3, 0.4) is 0 Å². The molecule has 0 saturated carbocycles. The molecule has 0 spiro atoms. The summed E-state index contributed by atoms with van der Waals surface area (Å²) in [5.74, 6) is 0.588. The topological polar surface area (TPSA) is 35.2 Å². The molecular weight excluding hydrogens is 333 g/mol. The van der Waals surface area contributed by atoms with E-state index in [1.54, 1.807) is 19.2 Å². The van der Waals surface area contributed by atoms with Crippen LogP contribution in [0.4, 0.5) is 4.39 Å². The van der Waals surface area contributed by atoms with Crippen LogP contribution in [0.5, 0.6) is 5.75 Å². The fourth-order valence-corrected chi connectivity index (χ4v) is 3.13. The van der Waals surface area contributed by atoms with Crippen molar-refractivity contribution in [2.24, 2.45) is 5.73 Å². The molecule has 0 radical (unpaired) electrons. The molecule has 2 rings (SSSR count). The third-order valence-electron chi connectivity index (χ3n) is 3.65. The standard InChI is InChI=1S/C17H19BrFNO/c1-10-8-14(18)11(2)16(17(10)21-3)15(20)9-12-4-6-13(19)7-5-12/h4-8,15H,9,20H2,1-3H3. The van der Waals surface area contributed by atoms with Gasteiger partial charge in [0.25, 0.3) is 0 Å². The number of hydrogen-bond acceptors (Lipinski definition) is 2. The summed E-state index contributed by atoms with van der Waals surface area (Å²) in [6.07, 6.45) is 0.632. The highest BCUT2D eigenvalue weighted by Gasteiger charge is 2.19. The number of nitrogens with two attached hydrogens (primary N) is 1. The number of methoxy groups -OCH3 is 1. The van der Waals surface area contributed by atoms with Crippen LogP contribution in [-0.2, 0) is 6.42 Å². The van der Waals surface area contributed by atoms with Gasteiger partial charge in [-0.1, -0.05) is 28.1 Å². The first-order valence-corrected chi connectivity index (χ1v) is 7.57. The maximum absolute atomic E-state index is 13.0. The highest BCUT2D eigenvalue weighted by atomic mass is 79.9. The number of aryl methyl sites for hydroxylation is 1. The molecule has 2 aromatic carbocycles. The predicted octanol–water partition coefficient (Wildman–Crippen LogP) is 4.46. The summed E-state index contributed by atoms with van der Waals surface area (Å²) in [6.45, 7) is 4.02. The third-order valence-corrected chi connectivity index (χ3v) is 4.48. The van der Waals surface area contributed by atoms with Crippen molar-refractivity contribution in [3.8, 4) is 5.75 Å².